The average Bonchev–Trinajstić information content (AvgIpc) is 3.35. The number of para-hydroxylation sites is 1. The second kappa shape index (κ2) is 7.09. The highest BCUT2D eigenvalue weighted by Crippen LogP contribution is 2.26. The number of amides is 1. The molecule has 6 heteroatoms. The van der Waals surface area contributed by atoms with E-state index in [9.17, 15) is 4.79 Å². The zero-order valence-corrected chi connectivity index (χ0v) is 15.1. The molecule has 2 aromatic carbocycles. The lowest BCUT2D eigenvalue weighted by Gasteiger charge is -2.10. The van der Waals surface area contributed by atoms with Gasteiger partial charge < -0.3 is 9.88 Å². The maximum atomic E-state index is 12.4. The van der Waals surface area contributed by atoms with Gasteiger partial charge in [-0.3, -0.25) is 4.79 Å². The minimum Gasteiger partial charge on any atom is -0.351 e. The monoisotopic (exact) mass is 362 g/mol. The SMILES string of the molecule is CC(CNC(=O)c1ccc(-n2ccnc2)cc1)c1nc2ccccc2s1. The van der Waals surface area contributed by atoms with Gasteiger partial charge in [-0.2, -0.15) is 0 Å². The van der Waals surface area contributed by atoms with Crippen LogP contribution in [0.5, 0.6) is 0 Å². The number of carbonyl (C=O) groups is 1. The van der Waals surface area contributed by atoms with E-state index in [1.54, 1.807) is 23.9 Å². The maximum absolute atomic E-state index is 12.4. The molecule has 0 radical (unpaired) electrons. The molecule has 1 unspecified atom stereocenters. The van der Waals surface area contributed by atoms with Crippen LogP contribution in [-0.2, 0) is 0 Å². The minimum absolute atomic E-state index is 0.0739. The molecule has 4 rings (SSSR count). The van der Waals surface area contributed by atoms with Gasteiger partial charge in [0.1, 0.15) is 0 Å². The number of imidazole rings is 1. The highest BCUT2D eigenvalue weighted by Gasteiger charge is 2.13. The van der Waals surface area contributed by atoms with E-state index in [1.807, 2.05) is 53.2 Å². The van der Waals surface area contributed by atoms with Crippen LogP contribution in [0.25, 0.3) is 15.9 Å². The van der Waals surface area contributed by atoms with Crippen LogP contribution in [0.3, 0.4) is 0 Å². The van der Waals surface area contributed by atoms with Gasteiger partial charge in [-0.05, 0) is 36.4 Å². The number of benzene rings is 2. The van der Waals surface area contributed by atoms with Crippen molar-refractivity contribution in [1.29, 1.82) is 0 Å². The Morgan fingerprint density at radius 1 is 1.19 bits per heavy atom. The van der Waals surface area contributed by atoms with E-state index in [1.165, 1.54) is 4.70 Å². The molecular weight excluding hydrogens is 344 g/mol. The van der Waals surface area contributed by atoms with Crippen molar-refractivity contribution in [3.05, 3.63) is 77.8 Å². The molecule has 26 heavy (non-hydrogen) atoms. The molecular formula is C20H18N4OS. The second-order valence-electron chi connectivity index (χ2n) is 6.15. The Hall–Kier alpha value is -2.99. The predicted octanol–water partition coefficient (Wildman–Crippen LogP) is 4.02. The molecule has 4 aromatic rings. The third-order valence-corrected chi connectivity index (χ3v) is 5.50. The molecule has 2 heterocycles. The van der Waals surface area contributed by atoms with E-state index in [4.69, 9.17) is 0 Å². The van der Waals surface area contributed by atoms with Crippen molar-refractivity contribution in [2.45, 2.75) is 12.8 Å². The van der Waals surface area contributed by atoms with Crippen molar-refractivity contribution in [2.75, 3.05) is 6.54 Å². The van der Waals surface area contributed by atoms with E-state index in [0.29, 0.717) is 12.1 Å². The van der Waals surface area contributed by atoms with E-state index in [-0.39, 0.29) is 11.8 Å². The number of rotatable bonds is 5. The maximum Gasteiger partial charge on any atom is 0.251 e. The van der Waals surface area contributed by atoms with E-state index >= 15 is 0 Å². The van der Waals surface area contributed by atoms with Crippen LogP contribution in [0.4, 0.5) is 0 Å². The molecule has 1 atom stereocenters. The van der Waals surface area contributed by atoms with Crippen molar-refractivity contribution in [3.63, 3.8) is 0 Å². The Morgan fingerprint density at radius 2 is 2.00 bits per heavy atom. The summed E-state index contributed by atoms with van der Waals surface area (Å²) < 4.78 is 3.08. The number of hydrogen-bond acceptors (Lipinski definition) is 4. The van der Waals surface area contributed by atoms with Crippen LogP contribution < -0.4 is 5.32 Å². The highest BCUT2D eigenvalue weighted by molar-refractivity contribution is 7.18. The first kappa shape index (κ1) is 16.5. The smallest absolute Gasteiger partial charge is 0.251 e. The van der Waals surface area contributed by atoms with E-state index in [2.05, 4.69) is 28.3 Å². The van der Waals surface area contributed by atoms with Gasteiger partial charge in [0.15, 0.2) is 0 Å². The number of thiazole rings is 1. The van der Waals surface area contributed by atoms with Crippen molar-refractivity contribution in [3.8, 4) is 5.69 Å². The average molecular weight is 362 g/mol. The minimum atomic E-state index is -0.0739. The third-order valence-electron chi connectivity index (χ3n) is 4.23. The van der Waals surface area contributed by atoms with Crippen LogP contribution in [0.1, 0.15) is 28.2 Å². The third kappa shape index (κ3) is 3.36. The number of carbonyl (C=O) groups excluding carboxylic acids is 1. The Morgan fingerprint density at radius 3 is 2.73 bits per heavy atom. The molecule has 0 saturated carbocycles. The lowest BCUT2D eigenvalue weighted by atomic mass is 10.1. The summed E-state index contributed by atoms with van der Waals surface area (Å²) in [5, 5.41) is 4.05. The fourth-order valence-corrected chi connectivity index (χ4v) is 3.75. The number of fused-ring (bicyclic) bond motifs is 1. The van der Waals surface area contributed by atoms with Gasteiger partial charge in [0.2, 0.25) is 0 Å². The topological polar surface area (TPSA) is 59.8 Å². The molecule has 0 bridgehead atoms. The summed E-state index contributed by atoms with van der Waals surface area (Å²) >= 11 is 1.68. The summed E-state index contributed by atoms with van der Waals surface area (Å²) in [7, 11) is 0. The second-order valence-corrected chi connectivity index (χ2v) is 7.21. The van der Waals surface area contributed by atoms with Crippen molar-refractivity contribution in [2.24, 2.45) is 0 Å². The normalized spacial score (nSPS) is 12.2. The van der Waals surface area contributed by atoms with Gasteiger partial charge in [0, 0.05) is 36.1 Å². The Balaban J connectivity index is 1.40. The van der Waals surface area contributed by atoms with E-state index < -0.39 is 0 Å². The molecule has 0 aliphatic rings. The summed E-state index contributed by atoms with van der Waals surface area (Å²) in [6.45, 7) is 2.64. The fraction of sp³-hybridized carbons (Fsp3) is 0.150. The van der Waals surface area contributed by atoms with Crippen molar-refractivity contribution >= 4 is 27.5 Å². The van der Waals surface area contributed by atoms with Crippen LogP contribution in [-0.4, -0.2) is 27.0 Å². The molecule has 0 saturated heterocycles. The summed E-state index contributed by atoms with van der Waals surface area (Å²) in [5.41, 5.74) is 2.63. The molecule has 130 valence electrons. The van der Waals surface area contributed by atoms with Gasteiger partial charge >= 0.3 is 0 Å². The quantitative estimate of drug-likeness (QED) is 0.583. The molecule has 1 N–H and O–H groups in total. The molecule has 0 aliphatic carbocycles. The molecule has 0 aliphatic heterocycles. The zero-order valence-electron chi connectivity index (χ0n) is 14.3. The summed E-state index contributed by atoms with van der Waals surface area (Å²) in [6.07, 6.45) is 5.33. The molecule has 0 fully saturated rings. The van der Waals surface area contributed by atoms with Gasteiger partial charge in [-0.1, -0.05) is 19.1 Å². The Labute approximate surface area is 155 Å². The summed E-state index contributed by atoms with van der Waals surface area (Å²) in [6, 6.07) is 15.6. The Bertz CT molecular complexity index is 989. The van der Waals surface area contributed by atoms with Crippen LogP contribution in [0, 0.1) is 0 Å². The van der Waals surface area contributed by atoms with Gasteiger partial charge in [-0.25, -0.2) is 9.97 Å². The fourth-order valence-electron chi connectivity index (χ4n) is 2.73. The number of hydrogen-bond donors (Lipinski definition) is 1. The van der Waals surface area contributed by atoms with E-state index in [0.717, 1.165) is 16.2 Å². The predicted molar refractivity (Wildman–Crippen MR) is 104 cm³/mol. The largest absolute Gasteiger partial charge is 0.351 e. The summed E-state index contributed by atoms with van der Waals surface area (Å²) in [4.78, 5) is 21.1. The molecule has 2 aromatic heterocycles. The summed E-state index contributed by atoms with van der Waals surface area (Å²) in [5.74, 6) is 0.0942. The van der Waals surface area contributed by atoms with Gasteiger partial charge in [-0.15, -0.1) is 11.3 Å². The van der Waals surface area contributed by atoms with Crippen LogP contribution >= 0.6 is 11.3 Å². The van der Waals surface area contributed by atoms with Gasteiger partial charge in [0.25, 0.3) is 5.91 Å². The van der Waals surface area contributed by atoms with Crippen LogP contribution in [0.15, 0.2) is 67.3 Å². The first-order valence-electron chi connectivity index (χ1n) is 8.43. The molecule has 1 amide bonds. The Kier molecular flexibility index (Phi) is 4.50. The molecule has 0 spiro atoms. The molecule has 5 nitrogen and oxygen atoms in total. The zero-order chi connectivity index (χ0) is 17.9. The van der Waals surface area contributed by atoms with Crippen LogP contribution in [0.2, 0.25) is 0 Å². The standard InChI is InChI=1S/C20H18N4OS/c1-14(20-23-17-4-2-3-5-18(17)26-20)12-22-19(25)15-6-8-16(9-7-15)24-11-10-21-13-24/h2-11,13-14H,12H2,1H3,(H,22,25). The number of nitrogens with zero attached hydrogens (tertiary/aromatic N) is 3. The number of nitrogens with one attached hydrogen (secondary N) is 1. The van der Waals surface area contributed by atoms with Gasteiger partial charge in [0.05, 0.1) is 21.6 Å². The lowest BCUT2D eigenvalue weighted by Crippen LogP contribution is -2.27. The van der Waals surface area contributed by atoms with Crippen molar-refractivity contribution < 1.29 is 4.79 Å². The number of aromatic nitrogens is 3. The lowest BCUT2D eigenvalue weighted by molar-refractivity contribution is 0.0951. The highest BCUT2D eigenvalue weighted by atomic mass is 32.1. The van der Waals surface area contributed by atoms with Crippen molar-refractivity contribution in [1.82, 2.24) is 19.9 Å². The first-order valence-corrected chi connectivity index (χ1v) is 9.24. The first-order chi connectivity index (χ1) is 12.7.